The molecule has 1 unspecified atom stereocenters. The first-order chi connectivity index (χ1) is 9.69. The van der Waals surface area contributed by atoms with E-state index in [1.807, 2.05) is 0 Å². The van der Waals surface area contributed by atoms with Gasteiger partial charge >= 0.3 is 0 Å². The summed E-state index contributed by atoms with van der Waals surface area (Å²) < 4.78 is 3.47. The van der Waals surface area contributed by atoms with Crippen molar-refractivity contribution >= 4 is 56.6 Å². The minimum Gasteiger partial charge on any atom is -0.324 e. The highest BCUT2D eigenvalue weighted by molar-refractivity contribution is 14.1. The van der Waals surface area contributed by atoms with E-state index in [0.717, 1.165) is 17.8 Å². The van der Waals surface area contributed by atoms with Gasteiger partial charge in [0.2, 0.25) is 0 Å². The number of nitrogens with zero attached hydrogens (tertiary/aromatic N) is 2. The number of halogens is 2. The van der Waals surface area contributed by atoms with Crippen LogP contribution in [0.1, 0.15) is 24.4 Å². The number of thiophene rings is 1. The van der Waals surface area contributed by atoms with Crippen LogP contribution in [0, 0.1) is 3.57 Å². The van der Waals surface area contributed by atoms with Crippen LogP contribution in [-0.2, 0) is 12.3 Å². The number of hydrogen-bond donors (Lipinski definition) is 0. The minimum atomic E-state index is 0.350. The second-order valence-corrected chi connectivity index (χ2v) is 7.14. The first kappa shape index (κ1) is 14.4. The van der Waals surface area contributed by atoms with Gasteiger partial charge in [0.15, 0.2) is 0 Å². The average molecular weight is 417 g/mol. The quantitative estimate of drug-likeness (QED) is 0.420. The Morgan fingerprint density at radius 2 is 2.25 bits per heavy atom. The Labute approximate surface area is 140 Å². The molecule has 5 heteroatoms. The fraction of sp³-hybridized carbons (Fsp3) is 0.267. The summed E-state index contributed by atoms with van der Waals surface area (Å²) >= 11 is 10.1. The van der Waals surface area contributed by atoms with Gasteiger partial charge < -0.3 is 4.57 Å². The molecule has 1 aromatic carbocycles. The Hall–Kier alpha value is -0.590. The van der Waals surface area contributed by atoms with Crippen LogP contribution in [0.3, 0.4) is 0 Å². The van der Waals surface area contributed by atoms with Crippen molar-refractivity contribution in [2.24, 2.45) is 0 Å². The normalized spacial score (nSPS) is 12.9. The smallest absolute Gasteiger partial charge is 0.125 e. The highest BCUT2D eigenvalue weighted by Crippen LogP contribution is 2.26. The third-order valence-electron chi connectivity index (χ3n) is 3.40. The molecule has 0 bridgehead atoms. The monoisotopic (exact) mass is 416 g/mol. The number of alkyl halides is 1. The topological polar surface area (TPSA) is 17.8 Å². The molecule has 1 atom stereocenters. The third kappa shape index (κ3) is 2.73. The molecule has 20 heavy (non-hydrogen) atoms. The van der Waals surface area contributed by atoms with E-state index < -0.39 is 0 Å². The van der Waals surface area contributed by atoms with Gasteiger partial charge in [0.25, 0.3) is 0 Å². The van der Waals surface area contributed by atoms with Crippen LogP contribution >= 0.6 is 45.5 Å². The van der Waals surface area contributed by atoms with Crippen LogP contribution in [0.4, 0.5) is 0 Å². The van der Waals surface area contributed by atoms with Crippen molar-refractivity contribution in [1.29, 1.82) is 0 Å². The van der Waals surface area contributed by atoms with Crippen LogP contribution in [0.25, 0.3) is 11.0 Å². The van der Waals surface area contributed by atoms with Gasteiger partial charge in [0.05, 0.1) is 16.9 Å². The van der Waals surface area contributed by atoms with E-state index in [0.29, 0.717) is 11.9 Å². The summed E-state index contributed by atoms with van der Waals surface area (Å²) in [6, 6.07) is 8.91. The number of fused-ring (bicyclic) bond motifs is 1. The maximum atomic E-state index is 6.09. The molecule has 2 aromatic heterocycles. The van der Waals surface area contributed by atoms with Gasteiger partial charge in [-0.1, -0.05) is 0 Å². The van der Waals surface area contributed by atoms with E-state index in [9.17, 15) is 0 Å². The number of hydrogen-bond acceptors (Lipinski definition) is 2. The summed E-state index contributed by atoms with van der Waals surface area (Å²) in [5, 5.41) is 4.33. The minimum absolute atomic E-state index is 0.350. The van der Waals surface area contributed by atoms with Crippen LogP contribution in [0.2, 0.25) is 0 Å². The Bertz CT molecular complexity index is 721. The molecule has 0 saturated carbocycles. The summed E-state index contributed by atoms with van der Waals surface area (Å²) in [4.78, 5) is 4.67. The molecule has 0 saturated heterocycles. The van der Waals surface area contributed by atoms with Crippen molar-refractivity contribution in [3.8, 4) is 0 Å². The van der Waals surface area contributed by atoms with Gasteiger partial charge in [0.1, 0.15) is 5.82 Å². The average Bonchev–Trinajstić information content (AvgIpc) is 3.04. The Kier molecular flexibility index (Phi) is 4.33. The van der Waals surface area contributed by atoms with Crippen molar-refractivity contribution in [2.45, 2.75) is 25.3 Å². The standard InChI is InChI=1S/C15H14ClIN2S/c1-10(6-11-4-5-20-9-11)19-14-3-2-12(17)7-13(14)18-15(19)8-16/h2-5,7,9-10H,6,8H2,1H3. The van der Waals surface area contributed by atoms with Crippen molar-refractivity contribution in [2.75, 3.05) is 0 Å². The number of imidazole rings is 1. The zero-order chi connectivity index (χ0) is 14.1. The van der Waals surface area contributed by atoms with Gasteiger partial charge in [-0.25, -0.2) is 4.98 Å². The molecule has 0 N–H and O–H groups in total. The molecule has 0 amide bonds. The van der Waals surface area contributed by atoms with Crippen LogP contribution in [0.5, 0.6) is 0 Å². The van der Waals surface area contributed by atoms with Gasteiger partial charge in [-0.15, -0.1) is 11.6 Å². The van der Waals surface area contributed by atoms with Crippen LogP contribution in [-0.4, -0.2) is 9.55 Å². The lowest BCUT2D eigenvalue weighted by molar-refractivity contribution is 0.544. The molecule has 104 valence electrons. The summed E-state index contributed by atoms with van der Waals surface area (Å²) in [5.74, 6) is 1.39. The van der Waals surface area contributed by atoms with E-state index in [1.54, 1.807) is 11.3 Å². The molecular weight excluding hydrogens is 403 g/mol. The molecule has 0 aliphatic rings. The van der Waals surface area contributed by atoms with Gasteiger partial charge in [0, 0.05) is 9.61 Å². The maximum Gasteiger partial charge on any atom is 0.125 e. The summed E-state index contributed by atoms with van der Waals surface area (Å²) in [5.41, 5.74) is 3.57. The van der Waals surface area contributed by atoms with E-state index in [1.165, 1.54) is 14.7 Å². The van der Waals surface area contributed by atoms with Crippen molar-refractivity contribution in [1.82, 2.24) is 9.55 Å². The molecule has 2 heterocycles. The first-order valence-electron chi connectivity index (χ1n) is 6.42. The zero-order valence-electron chi connectivity index (χ0n) is 11.0. The molecular formula is C15H14ClIN2S. The number of rotatable bonds is 4. The molecule has 0 radical (unpaired) electrons. The Balaban J connectivity index is 2.04. The molecule has 0 fully saturated rings. The predicted molar refractivity (Wildman–Crippen MR) is 94.7 cm³/mol. The summed E-state index contributed by atoms with van der Waals surface area (Å²) in [6.45, 7) is 2.23. The van der Waals surface area contributed by atoms with Gasteiger partial charge in [-0.05, 0) is 76.5 Å². The molecule has 2 nitrogen and oxygen atoms in total. The Morgan fingerprint density at radius 1 is 1.40 bits per heavy atom. The number of aromatic nitrogens is 2. The van der Waals surface area contributed by atoms with E-state index >= 15 is 0 Å². The van der Waals surface area contributed by atoms with Gasteiger partial charge in [-0.3, -0.25) is 0 Å². The lowest BCUT2D eigenvalue weighted by Gasteiger charge is -2.16. The largest absolute Gasteiger partial charge is 0.324 e. The summed E-state index contributed by atoms with van der Waals surface area (Å²) in [7, 11) is 0. The number of benzene rings is 1. The van der Waals surface area contributed by atoms with Crippen molar-refractivity contribution in [3.63, 3.8) is 0 Å². The molecule has 3 aromatic rings. The third-order valence-corrected chi connectivity index (χ3v) is 5.04. The van der Waals surface area contributed by atoms with Crippen LogP contribution < -0.4 is 0 Å². The van der Waals surface area contributed by atoms with Crippen LogP contribution in [0.15, 0.2) is 35.0 Å². The van der Waals surface area contributed by atoms with Crippen molar-refractivity contribution in [3.05, 3.63) is 50.0 Å². The Morgan fingerprint density at radius 3 is 2.95 bits per heavy atom. The highest BCUT2D eigenvalue weighted by Gasteiger charge is 2.16. The van der Waals surface area contributed by atoms with E-state index in [2.05, 4.69) is 74.1 Å². The highest BCUT2D eigenvalue weighted by atomic mass is 127. The predicted octanol–water partition coefficient (Wildman–Crippen LogP) is 5.24. The molecule has 3 rings (SSSR count). The van der Waals surface area contributed by atoms with E-state index in [-0.39, 0.29) is 0 Å². The van der Waals surface area contributed by atoms with Crippen molar-refractivity contribution < 1.29 is 0 Å². The zero-order valence-corrected chi connectivity index (χ0v) is 14.7. The second-order valence-electron chi connectivity index (χ2n) is 4.85. The molecule has 0 spiro atoms. The SMILES string of the molecule is CC(Cc1ccsc1)n1c(CCl)nc2cc(I)ccc21. The lowest BCUT2D eigenvalue weighted by atomic mass is 10.1. The first-order valence-corrected chi connectivity index (χ1v) is 8.98. The fourth-order valence-electron chi connectivity index (χ4n) is 2.55. The lowest BCUT2D eigenvalue weighted by Crippen LogP contribution is -2.10. The second kappa shape index (κ2) is 6.03. The molecule has 0 aliphatic carbocycles. The fourth-order valence-corrected chi connectivity index (χ4v) is 3.89. The van der Waals surface area contributed by atoms with Gasteiger partial charge in [-0.2, -0.15) is 11.3 Å². The van der Waals surface area contributed by atoms with E-state index in [4.69, 9.17) is 11.6 Å². The summed E-state index contributed by atoms with van der Waals surface area (Å²) in [6.07, 6.45) is 1.00. The maximum absolute atomic E-state index is 6.09. The molecule has 0 aliphatic heterocycles.